The molecule has 2 aromatic rings. The summed E-state index contributed by atoms with van der Waals surface area (Å²) in [6.45, 7) is 4.15. The standard InChI is InChI=1S/C16H24N4O/c1-11-13(12(2)20(3)19-11)9-10-15(18-17)14-7-5-6-8-16(14)21-4/h5-8,15,18H,9-10,17H2,1-4H3. The predicted octanol–water partition coefficient (Wildman–Crippen LogP) is 2.18. The monoisotopic (exact) mass is 288 g/mol. The summed E-state index contributed by atoms with van der Waals surface area (Å²) in [5.74, 6) is 6.61. The maximum atomic E-state index is 5.75. The van der Waals surface area contributed by atoms with E-state index in [4.69, 9.17) is 10.6 Å². The van der Waals surface area contributed by atoms with Gasteiger partial charge in [0.15, 0.2) is 0 Å². The number of aryl methyl sites for hydroxylation is 2. The highest BCUT2D eigenvalue weighted by molar-refractivity contribution is 5.36. The van der Waals surface area contributed by atoms with Crippen LogP contribution in [0, 0.1) is 13.8 Å². The minimum atomic E-state index is 0.0557. The number of hydrogen-bond acceptors (Lipinski definition) is 4. The van der Waals surface area contributed by atoms with E-state index in [1.807, 2.05) is 36.0 Å². The molecular formula is C16H24N4O. The highest BCUT2D eigenvalue weighted by Gasteiger charge is 2.17. The van der Waals surface area contributed by atoms with E-state index < -0.39 is 0 Å². The smallest absolute Gasteiger partial charge is 0.123 e. The molecule has 1 unspecified atom stereocenters. The van der Waals surface area contributed by atoms with Gasteiger partial charge in [0.2, 0.25) is 0 Å². The molecule has 1 heterocycles. The van der Waals surface area contributed by atoms with Crippen molar-refractivity contribution in [3.8, 4) is 5.75 Å². The highest BCUT2D eigenvalue weighted by Crippen LogP contribution is 2.28. The molecule has 0 bridgehead atoms. The third-order valence-corrected chi connectivity index (χ3v) is 4.06. The third-order valence-electron chi connectivity index (χ3n) is 4.06. The Balaban J connectivity index is 2.16. The van der Waals surface area contributed by atoms with Gasteiger partial charge < -0.3 is 4.74 Å². The number of nitrogens with two attached hydrogens (primary N) is 1. The van der Waals surface area contributed by atoms with Crippen molar-refractivity contribution < 1.29 is 4.74 Å². The summed E-state index contributed by atoms with van der Waals surface area (Å²) in [5, 5.41) is 4.46. The summed E-state index contributed by atoms with van der Waals surface area (Å²) in [7, 11) is 3.66. The van der Waals surface area contributed by atoms with Gasteiger partial charge in [0.1, 0.15) is 5.75 Å². The van der Waals surface area contributed by atoms with Crippen molar-refractivity contribution in [3.63, 3.8) is 0 Å². The molecule has 3 N–H and O–H groups in total. The van der Waals surface area contributed by atoms with E-state index in [1.165, 1.54) is 11.3 Å². The Morgan fingerprint density at radius 1 is 1.33 bits per heavy atom. The number of nitrogens with zero attached hydrogens (tertiary/aromatic N) is 2. The van der Waals surface area contributed by atoms with Gasteiger partial charge in [0.25, 0.3) is 0 Å². The van der Waals surface area contributed by atoms with Crippen molar-refractivity contribution >= 4 is 0 Å². The lowest BCUT2D eigenvalue weighted by Crippen LogP contribution is -2.28. The molecule has 0 spiro atoms. The van der Waals surface area contributed by atoms with Crippen molar-refractivity contribution in [2.45, 2.75) is 32.7 Å². The number of hydrazine groups is 1. The van der Waals surface area contributed by atoms with Gasteiger partial charge in [-0.05, 0) is 38.3 Å². The average Bonchev–Trinajstić information content (AvgIpc) is 2.74. The maximum Gasteiger partial charge on any atom is 0.123 e. The molecule has 0 fully saturated rings. The summed E-state index contributed by atoms with van der Waals surface area (Å²) >= 11 is 0. The quantitative estimate of drug-likeness (QED) is 0.631. The number of rotatable bonds is 6. The van der Waals surface area contributed by atoms with E-state index >= 15 is 0 Å². The normalized spacial score (nSPS) is 12.4. The molecule has 114 valence electrons. The van der Waals surface area contributed by atoms with Crippen LogP contribution in [-0.4, -0.2) is 16.9 Å². The van der Waals surface area contributed by atoms with Gasteiger partial charge >= 0.3 is 0 Å². The molecule has 5 heteroatoms. The number of ether oxygens (including phenoxy) is 1. The van der Waals surface area contributed by atoms with Crippen LogP contribution in [0.1, 0.15) is 35.0 Å². The second-order valence-electron chi connectivity index (χ2n) is 5.27. The fraction of sp³-hybridized carbons (Fsp3) is 0.438. The van der Waals surface area contributed by atoms with E-state index in [0.29, 0.717) is 0 Å². The number of methoxy groups -OCH3 is 1. The minimum Gasteiger partial charge on any atom is -0.496 e. The van der Waals surface area contributed by atoms with Crippen LogP contribution >= 0.6 is 0 Å². The van der Waals surface area contributed by atoms with Crippen molar-refractivity contribution in [2.24, 2.45) is 12.9 Å². The number of benzene rings is 1. The predicted molar refractivity (Wildman–Crippen MR) is 84.1 cm³/mol. The molecule has 0 saturated carbocycles. The Bertz CT molecular complexity index is 606. The average molecular weight is 288 g/mol. The first-order valence-electron chi connectivity index (χ1n) is 7.16. The number of aromatic nitrogens is 2. The molecule has 2 rings (SSSR count). The highest BCUT2D eigenvalue weighted by atomic mass is 16.5. The molecule has 1 atom stereocenters. The van der Waals surface area contributed by atoms with Crippen molar-refractivity contribution in [3.05, 3.63) is 46.8 Å². The van der Waals surface area contributed by atoms with Crippen LogP contribution in [0.5, 0.6) is 5.75 Å². The summed E-state index contributed by atoms with van der Waals surface area (Å²) in [6, 6.07) is 8.03. The first kappa shape index (κ1) is 15.5. The first-order valence-corrected chi connectivity index (χ1v) is 7.16. The molecule has 0 saturated heterocycles. The molecule has 0 aliphatic heterocycles. The molecule has 0 amide bonds. The van der Waals surface area contributed by atoms with Gasteiger partial charge in [0.05, 0.1) is 12.8 Å². The van der Waals surface area contributed by atoms with Gasteiger partial charge in [-0.15, -0.1) is 0 Å². The second-order valence-corrected chi connectivity index (χ2v) is 5.27. The van der Waals surface area contributed by atoms with Crippen LogP contribution < -0.4 is 16.0 Å². The van der Waals surface area contributed by atoms with Gasteiger partial charge in [-0.3, -0.25) is 16.0 Å². The molecule has 1 aromatic carbocycles. The van der Waals surface area contributed by atoms with Gasteiger partial charge in [-0.1, -0.05) is 18.2 Å². The van der Waals surface area contributed by atoms with E-state index in [9.17, 15) is 0 Å². The molecule has 21 heavy (non-hydrogen) atoms. The van der Waals surface area contributed by atoms with Crippen LogP contribution in [-0.2, 0) is 13.5 Å². The molecule has 0 radical (unpaired) electrons. The minimum absolute atomic E-state index is 0.0557. The fourth-order valence-electron chi connectivity index (χ4n) is 2.75. The summed E-state index contributed by atoms with van der Waals surface area (Å²) < 4.78 is 7.35. The van der Waals surface area contributed by atoms with Gasteiger partial charge in [-0.2, -0.15) is 5.10 Å². The Hall–Kier alpha value is -1.85. The molecule has 1 aromatic heterocycles. The van der Waals surface area contributed by atoms with Crippen LogP contribution in [0.3, 0.4) is 0 Å². The molecular weight excluding hydrogens is 264 g/mol. The van der Waals surface area contributed by atoms with Gasteiger partial charge in [0, 0.05) is 24.3 Å². The Morgan fingerprint density at radius 3 is 2.62 bits per heavy atom. The van der Waals surface area contributed by atoms with E-state index in [0.717, 1.165) is 29.8 Å². The molecule has 0 aliphatic carbocycles. The van der Waals surface area contributed by atoms with Crippen LogP contribution in [0.25, 0.3) is 0 Å². The topological polar surface area (TPSA) is 65.1 Å². The summed E-state index contributed by atoms with van der Waals surface area (Å²) in [4.78, 5) is 0. The first-order chi connectivity index (χ1) is 10.1. The maximum absolute atomic E-state index is 5.75. The van der Waals surface area contributed by atoms with E-state index in [1.54, 1.807) is 7.11 Å². The van der Waals surface area contributed by atoms with Crippen molar-refractivity contribution in [1.82, 2.24) is 15.2 Å². The van der Waals surface area contributed by atoms with Gasteiger partial charge in [-0.25, -0.2) is 0 Å². The van der Waals surface area contributed by atoms with E-state index in [2.05, 4.69) is 24.4 Å². The second kappa shape index (κ2) is 6.74. The molecule has 0 aliphatic rings. The lowest BCUT2D eigenvalue weighted by atomic mass is 9.98. The fourth-order valence-corrected chi connectivity index (χ4v) is 2.75. The number of hydrogen-bond donors (Lipinski definition) is 2. The Kier molecular flexibility index (Phi) is 4.98. The lowest BCUT2D eigenvalue weighted by molar-refractivity contribution is 0.396. The van der Waals surface area contributed by atoms with Crippen molar-refractivity contribution in [1.29, 1.82) is 0 Å². The zero-order valence-corrected chi connectivity index (χ0v) is 13.2. The summed E-state index contributed by atoms with van der Waals surface area (Å²) in [5.41, 5.74) is 7.59. The van der Waals surface area contributed by atoms with Crippen molar-refractivity contribution in [2.75, 3.05) is 7.11 Å². The lowest BCUT2D eigenvalue weighted by Gasteiger charge is -2.19. The zero-order chi connectivity index (χ0) is 15.4. The number of nitrogens with one attached hydrogen (secondary N) is 1. The molecule has 5 nitrogen and oxygen atoms in total. The van der Waals surface area contributed by atoms with Crippen LogP contribution in [0.15, 0.2) is 24.3 Å². The Labute approximate surface area is 126 Å². The van der Waals surface area contributed by atoms with Crippen LogP contribution in [0.2, 0.25) is 0 Å². The summed E-state index contributed by atoms with van der Waals surface area (Å²) in [6.07, 6.45) is 1.82. The third kappa shape index (κ3) is 3.25. The largest absolute Gasteiger partial charge is 0.496 e. The van der Waals surface area contributed by atoms with E-state index in [-0.39, 0.29) is 6.04 Å². The van der Waals surface area contributed by atoms with Crippen LogP contribution in [0.4, 0.5) is 0 Å². The Morgan fingerprint density at radius 2 is 2.05 bits per heavy atom. The SMILES string of the molecule is COc1ccccc1C(CCc1c(C)nn(C)c1C)NN. The number of para-hydroxylation sites is 1. The zero-order valence-electron chi connectivity index (χ0n) is 13.2.